The van der Waals surface area contributed by atoms with Gasteiger partial charge in [0.25, 0.3) is 5.24 Å². The van der Waals surface area contributed by atoms with Gasteiger partial charge in [0, 0.05) is 12.2 Å². The zero-order valence-corrected chi connectivity index (χ0v) is 15.1. The number of fused-ring (bicyclic) bond motifs is 1. The maximum atomic E-state index is 11.6. The van der Waals surface area contributed by atoms with Crippen molar-refractivity contribution in [1.82, 2.24) is 5.32 Å². The third kappa shape index (κ3) is 3.70. The molecule has 2 aromatic carbocycles. The number of imide groups is 1. The number of carbonyl (C=O) groups excluding carboxylic acids is 2. The van der Waals surface area contributed by atoms with Crippen molar-refractivity contribution in [1.29, 1.82) is 0 Å². The number of para-hydroxylation sites is 1. The summed E-state index contributed by atoms with van der Waals surface area (Å²) < 4.78 is 5.87. The van der Waals surface area contributed by atoms with Crippen molar-refractivity contribution in [2.24, 2.45) is 0 Å². The molecule has 0 aliphatic carbocycles. The van der Waals surface area contributed by atoms with Crippen molar-refractivity contribution in [2.45, 2.75) is 18.1 Å². The Bertz CT molecular complexity index is 822. The number of ether oxygens (including phenoxy) is 1. The number of nitrogens with one attached hydrogen (secondary N) is 1. The Hall–Kier alpha value is -2.47. The zero-order chi connectivity index (χ0) is 17.9. The van der Waals surface area contributed by atoms with Crippen LogP contribution in [0.25, 0.3) is 0 Å². The van der Waals surface area contributed by atoms with Gasteiger partial charge in [-0.05, 0) is 42.2 Å². The fourth-order valence-electron chi connectivity index (χ4n) is 3.38. The van der Waals surface area contributed by atoms with Crippen molar-refractivity contribution in [3.05, 3.63) is 59.7 Å². The molecule has 6 heteroatoms. The molecule has 2 heterocycles. The minimum Gasteiger partial charge on any atom is -0.492 e. The van der Waals surface area contributed by atoms with E-state index in [0.29, 0.717) is 13.0 Å². The van der Waals surface area contributed by atoms with Gasteiger partial charge in [0.1, 0.15) is 12.4 Å². The van der Waals surface area contributed by atoms with Crippen LogP contribution in [0.1, 0.15) is 11.1 Å². The summed E-state index contributed by atoms with van der Waals surface area (Å²) in [6, 6.07) is 16.3. The molecule has 2 aromatic rings. The van der Waals surface area contributed by atoms with E-state index in [1.54, 1.807) is 0 Å². The molecule has 26 heavy (non-hydrogen) atoms. The highest BCUT2D eigenvalue weighted by Crippen LogP contribution is 2.27. The molecule has 4 rings (SSSR count). The molecule has 1 atom stereocenters. The molecule has 1 fully saturated rings. The van der Waals surface area contributed by atoms with Crippen LogP contribution in [0.15, 0.2) is 48.5 Å². The van der Waals surface area contributed by atoms with Gasteiger partial charge in [-0.25, -0.2) is 0 Å². The Morgan fingerprint density at radius 1 is 1.12 bits per heavy atom. The van der Waals surface area contributed by atoms with Gasteiger partial charge in [-0.15, -0.1) is 0 Å². The molecule has 0 spiro atoms. The van der Waals surface area contributed by atoms with E-state index in [9.17, 15) is 9.59 Å². The second-order valence-corrected chi connectivity index (χ2v) is 7.62. The van der Waals surface area contributed by atoms with E-state index in [2.05, 4.69) is 34.5 Å². The van der Waals surface area contributed by atoms with Gasteiger partial charge >= 0.3 is 0 Å². The molecule has 2 aliphatic rings. The van der Waals surface area contributed by atoms with Gasteiger partial charge < -0.3 is 9.64 Å². The Labute approximate surface area is 156 Å². The SMILES string of the molecule is O=C1NC(=O)C(Cc2ccc(OCCN3CCc4ccccc43)cc2)S1. The predicted octanol–water partition coefficient (Wildman–Crippen LogP) is 3.02. The van der Waals surface area contributed by atoms with Gasteiger partial charge in [0.2, 0.25) is 5.91 Å². The molecular weight excluding hydrogens is 348 g/mol. The largest absolute Gasteiger partial charge is 0.492 e. The molecule has 1 saturated heterocycles. The molecule has 0 saturated carbocycles. The predicted molar refractivity (Wildman–Crippen MR) is 103 cm³/mol. The summed E-state index contributed by atoms with van der Waals surface area (Å²) >= 11 is 1.06. The normalized spacial score (nSPS) is 18.8. The van der Waals surface area contributed by atoms with Crippen molar-refractivity contribution in [2.75, 3.05) is 24.6 Å². The highest BCUT2D eigenvalue weighted by molar-refractivity contribution is 8.15. The number of carbonyl (C=O) groups is 2. The molecule has 1 unspecified atom stereocenters. The summed E-state index contributed by atoms with van der Waals surface area (Å²) in [5, 5.41) is 1.73. The number of anilines is 1. The summed E-state index contributed by atoms with van der Waals surface area (Å²) in [4.78, 5) is 25.2. The number of amides is 2. The van der Waals surface area contributed by atoms with Gasteiger partial charge in [0.05, 0.1) is 11.8 Å². The lowest BCUT2D eigenvalue weighted by atomic mass is 10.1. The minimum atomic E-state index is -0.329. The smallest absolute Gasteiger partial charge is 0.286 e. The second kappa shape index (κ2) is 7.41. The zero-order valence-electron chi connectivity index (χ0n) is 14.3. The van der Waals surface area contributed by atoms with Crippen molar-refractivity contribution < 1.29 is 14.3 Å². The first-order valence-electron chi connectivity index (χ1n) is 8.75. The molecule has 2 aliphatic heterocycles. The number of hydrogen-bond acceptors (Lipinski definition) is 5. The maximum Gasteiger partial charge on any atom is 0.286 e. The fourth-order valence-corrected chi connectivity index (χ4v) is 4.24. The fraction of sp³-hybridized carbons (Fsp3) is 0.300. The van der Waals surface area contributed by atoms with Crippen LogP contribution in [0.3, 0.4) is 0 Å². The van der Waals surface area contributed by atoms with E-state index >= 15 is 0 Å². The van der Waals surface area contributed by atoms with Gasteiger partial charge in [-0.3, -0.25) is 14.9 Å². The van der Waals surface area contributed by atoms with Crippen molar-refractivity contribution >= 4 is 28.6 Å². The average Bonchev–Trinajstić information content (AvgIpc) is 3.19. The number of thioether (sulfide) groups is 1. The molecular formula is C20H20N2O3S. The lowest BCUT2D eigenvalue weighted by molar-refractivity contribution is -0.118. The first kappa shape index (κ1) is 17.0. The van der Waals surface area contributed by atoms with Crippen molar-refractivity contribution in [3.8, 4) is 5.75 Å². The van der Waals surface area contributed by atoms with Crippen LogP contribution in [0.4, 0.5) is 10.5 Å². The average molecular weight is 368 g/mol. The topological polar surface area (TPSA) is 58.6 Å². The van der Waals surface area contributed by atoms with Crippen LogP contribution in [0.5, 0.6) is 5.75 Å². The number of nitrogens with zero attached hydrogens (tertiary/aromatic N) is 1. The molecule has 2 amide bonds. The summed E-state index contributed by atoms with van der Waals surface area (Å²) in [6.07, 6.45) is 1.65. The van der Waals surface area contributed by atoms with Gasteiger partial charge in [-0.1, -0.05) is 42.1 Å². The third-order valence-electron chi connectivity index (χ3n) is 4.72. The molecule has 0 bridgehead atoms. The highest BCUT2D eigenvalue weighted by Gasteiger charge is 2.31. The minimum absolute atomic E-state index is 0.203. The first-order valence-corrected chi connectivity index (χ1v) is 9.63. The molecule has 5 nitrogen and oxygen atoms in total. The number of rotatable bonds is 6. The second-order valence-electron chi connectivity index (χ2n) is 6.45. The number of benzene rings is 2. The molecule has 0 radical (unpaired) electrons. The summed E-state index contributed by atoms with van der Waals surface area (Å²) in [5.41, 5.74) is 3.74. The lowest BCUT2D eigenvalue weighted by Gasteiger charge is -2.19. The molecule has 134 valence electrons. The van der Waals surface area contributed by atoms with Crippen LogP contribution in [0, 0.1) is 0 Å². The monoisotopic (exact) mass is 368 g/mol. The summed E-state index contributed by atoms with van der Waals surface area (Å²) in [6.45, 7) is 2.53. The van der Waals surface area contributed by atoms with Crippen LogP contribution >= 0.6 is 11.8 Å². The standard InChI is InChI=1S/C20H20N2O3S/c23-19-18(26-20(24)21-19)13-14-5-7-16(8-6-14)25-12-11-22-10-9-15-3-1-2-4-17(15)22/h1-8,18H,9-13H2,(H,21,23,24). The summed E-state index contributed by atoms with van der Waals surface area (Å²) in [7, 11) is 0. The van der Waals surface area contributed by atoms with Crippen LogP contribution in [-0.2, 0) is 17.6 Å². The van der Waals surface area contributed by atoms with E-state index in [4.69, 9.17) is 4.74 Å². The van der Waals surface area contributed by atoms with E-state index in [0.717, 1.165) is 42.6 Å². The Morgan fingerprint density at radius 3 is 2.69 bits per heavy atom. The van der Waals surface area contributed by atoms with Gasteiger partial charge in [-0.2, -0.15) is 0 Å². The lowest BCUT2D eigenvalue weighted by Crippen LogP contribution is -2.26. The summed E-state index contributed by atoms with van der Waals surface area (Å²) in [5.74, 6) is 0.618. The Kier molecular flexibility index (Phi) is 4.84. The van der Waals surface area contributed by atoms with E-state index in [1.807, 2.05) is 24.3 Å². The Morgan fingerprint density at radius 2 is 1.92 bits per heavy atom. The van der Waals surface area contributed by atoms with E-state index < -0.39 is 0 Å². The van der Waals surface area contributed by atoms with E-state index in [1.165, 1.54) is 11.3 Å². The maximum absolute atomic E-state index is 11.6. The quantitative estimate of drug-likeness (QED) is 0.849. The van der Waals surface area contributed by atoms with E-state index in [-0.39, 0.29) is 16.4 Å². The highest BCUT2D eigenvalue weighted by atomic mass is 32.2. The molecule has 0 aromatic heterocycles. The Balaban J connectivity index is 1.27. The van der Waals surface area contributed by atoms with Crippen LogP contribution in [0.2, 0.25) is 0 Å². The van der Waals surface area contributed by atoms with Crippen molar-refractivity contribution in [3.63, 3.8) is 0 Å². The number of hydrogen-bond donors (Lipinski definition) is 1. The van der Waals surface area contributed by atoms with Crippen LogP contribution in [-0.4, -0.2) is 36.1 Å². The van der Waals surface area contributed by atoms with Gasteiger partial charge in [0.15, 0.2) is 0 Å². The molecule has 1 N–H and O–H groups in total. The third-order valence-corrected chi connectivity index (χ3v) is 5.71. The first-order chi connectivity index (χ1) is 12.7. The van der Waals surface area contributed by atoms with Crippen LogP contribution < -0.4 is 15.0 Å².